The van der Waals surface area contributed by atoms with Gasteiger partial charge in [0.2, 0.25) is 11.9 Å². The van der Waals surface area contributed by atoms with Gasteiger partial charge in [0, 0.05) is 5.56 Å². The number of fused-ring (bicyclic) bond motifs is 3. The summed E-state index contributed by atoms with van der Waals surface area (Å²) in [6.07, 6.45) is 0. The van der Waals surface area contributed by atoms with E-state index in [-0.39, 0.29) is 12.5 Å². The lowest BCUT2D eigenvalue weighted by atomic mass is 10.1. The fraction of sp³-hybridized carbons (Fsp3) is 0.200. The summed E-state index contributed by atoms with van der Waals surface area (Å²) in [5, 5.41) is 3.72. The van der Waals surface area contributed by atoms with Gasteiger partial charge in [-0.25, -0.2) is 4.99 Å². The molecule has 2 aliphatic rings. The molecule has 0 aromatic heterocycles. The molecule has 2 aliphatic heterocycles. The molecule has 82 valence electrons. The first-order chi connectivity index (χ1) is 7.66. The van der Waals surface area contributed by atoms with Gasteiger partial charge in [0.05, 0.1) is 22.3 Å². The third-order valence-corrected chi connectivity index (χ3v) is 3.50. The smallest absolute Gasteiger partial charge is 0.246 e. The zero-order valence-electron chi connectivity index (χ0n) is 8.13. The van der Waals surface area contributed by atoms with Crippen molar-refractivity contribution in [1.29, 1.82) is 0 Å². The number of carbonyl (C=O) groups is 1. The number of anilines is 1. The average molecular weight is 256 g/mol. The number of carbonyl (C=O) groups excluding carboxylic acids is 1. The van der Waals surface area contributed by atoms with E-state index in [0.29, 0.717) is 22.5 Å². The summed E-state index contributed by atoms with van der Waals surface area (Å²) in [6, 6.07) is 3.59. The number of aliphatic imine (C=N–C) groups is 1. The number of nitrogens with zero attached hydrogens (tertiary/aromatic N) is 2. The van der Waals surface area contributed by atoms with Crippen molar-refractivity contribution < 1.29 is 4.79 Å². The topological polar surface area (TPSA) is 44.7 Å². The molecule has 2 heterocycles. The van der Waals surface area contributed by atoms with E-state index in [1.165, 1.54) is 0 Å². The number of halogens is 2. The van der Waals surface area contributed by atoms with Gasteiger partial charge in [-0.05, 0) is 12.1 Å². The first-order valence-electron chi connectivity index (χ1n) is 4.75. The molecule has 0 aliphatic carbocycles. The first kappa shape index (κ1) is 9.93. The second kappa shape index (κ2) is 3.37. The number of nitrogens with one attached hydrogen (secondary N) is 1. The Labute approximate surface area is 102 Å². The molecule has 4 nitrogen and oxygen atoms in total. The molecule has 0 unspecified atom stereocenters. The Hall–Kier alpha value is -1.26. The fourth-order valence-electron chi connectivity index (χ4n) is 1.91. The van der Waals surface area contributed by atoms with Gasteiger partial charge >= 0.3 is 0 Å². The maximum absolute atomic E-state index is 11.3. The Bertz CT molecular complexity index is 527. The van der Waals surface area contributed by atoms with E-state index in [1.54, 1.807) is 6.07 Å². The molecule has 1 amide bonds. The van der Waals surface area contributed by atoms with Crippen molar-refractivity contribution in [2.24, 2.45) is 4.99 Å². The van der Waals surface area contributed by atoms with Gasteiger partial charge in [-0.1, -0.05) is 23.2 Å². The molecule has 16 heavy (non-hydrogen) atoms. The summed E-state index contributed by atoms with van der Waals surface area (Å²) >= 11 is 12.0. The predicted octanol–water partition coefficient (Wildman–Crippen LogP) is 1.80. The first-order valence-corrected chi connectivity index (χ1v) is 5.51. The van der Waals surface area contributed by atoms with E-state index in [9.17, 15) is 4.79 Å². The number of hydrogen-bond acceptors (Lipinski definition) is 3. The zero-order valence-corrected chi connectivity index (χ0v) is 9.64. The van der Waals surface area contributed by atoms with Crippen LogP contribution in [0.15, 0.2) is 17.1 Å². The Kier molecular flexibility index (Phi) is 2.09. The summed E-state index contributed by atoms with van der Waals surface area (Å²) in [7, 11) is 0. The number of hydrogen-bond donors (Lipinski definition) is 1. The SMILES string of the molecule is O=C1CN2C(=NCc3c2ccc(Cl)c3Cl)N1. The van der Waals surface area contributed by atoms with Gasteiger partial charge in [0.1, 0.15) is 6.54 Å². The third-order valence-electron chi connectivity index (χ3n) is 2.66. The van der Waals surface area contributed by atoms with E-state index in [0.717, 1.165) is 11.3 Å². The molecule has 1 aromatic carbocycles. The van der Waals surface area contributed by atoms with Crippen molar-refractivity contribution in [2.75, 3.05) is 11.4 Å². The van der Waals surface area contributed by atoms with Crippen molar-refractivity contribution in [1.82, 2.24) is 5.32 Å². The zero-order chi connectivity index (χ0) is 11.3. The minimum absolute atomic E-state index is 0.0577. The van der Waals surface area contributed by atoms with Crippen molar-refractivity contribution in [3.63, 3.8) is 0 Å². The lowest BCUT2D eigenvalue weighted by molar-refractivity contribution is -0.117. The van der Waals surface area contributed by atoms with Crippen LogP contribution in [0.4, 0.5) is 5.69 Å². The number of guanidine groups is 1. The van der Waals surface area contributed by atoms with Gasteiger partial charge in [0.15, 0.2) is 0 Å². The second-order valence-corrected chi connectivity index (χ2v) is 4.42. The Morgan fingerprint density at radius 2 is 2.19 bits per heavy atom. The molecule has 0 bridgehead atoms. The molecule has 1 fully saturated rings. The highest BCUT2D eigenvalue weighted by molar-refractivity contribution is 6.43. The van der Waals surface area contributed by atoms with Crippen LogP contribution in [-0.4, -0.2) is 18.4 Å². The molecular formula is C10H7Cl2N3O. The van der Waals surface area contributed by atoms with Gasteiger partial charge in [-0.3, -0.25) is 10.1 Å². The highest BCUT2D eigenvalue weighted by atomic mass is 35.5. The summed E-state index contributed by atoms with van der Waals surface area (Å²) in [5.41, 5.74) is 1.77. The van der Waals surface area contributed by atoms with Crippen LogP contribution < -0.4 is 10.2 Å². The minimum Gasteiger partial charge on any atom is -0.303 e. The van der Waals surface area contributed by atoms with Crippen LogP contribution in [-0.2, 0) is 11.3 Å². The Balaban J connectivity index is 2.15. The maximum atomic E-state index is 11.3. The molecular weight excluding hydrogens is 249 g/mol. The van der Waals surface area contributed by atoms with Crippen LogP contribution in [0.2, 0.25) is 10.0 Å². The quantitative estimate of drug-likeness (QED) is 0.769. The molecule has 1 saturated heterocycles. The molecule has 1 N–H and O–H groups in total. The van der Waals surface area contributed by atoms with Crippen LogP contribution in [0.25, 0.3) is 0 Å². The average Bonchev–Trinajstić information content (AvgIpc) is 2.63. The molecule has 0 radical (unpaired) electrons. The molecule has 0 saturated carbocycles. The summed E-state index contributed by atoms with van der Waals surface area (Å²) in [6.45, 7) is 0.727. The molecule has 0 atom stereocenters. The fourth-order valence-corrected chi connectivity index (χ4v) is 2.31. The minimum atomic E-state index is -0.0577. The van der Waals surface area contributed by atoms with Crippen molar-refractivity contribution >= 4 is 40.8 Å². The molecule has 0 spiro atoms. The highest BCUT2D eigenvalue weighted by Gasteiger charge is 2.31. The standard InChI is InChI=1S/C10H7Cl2N3O/c11-6-1-2-7-5(9(6)12)3-13-10-14-8(16)4-15(7)10/h1-2H,3-4H2,(H,13,14,16). The van der Waals surface area contributed by atoms with Crippen LogP contribution in [0.3, 0.4) is 0 Å². The van der Waals surface area contributed by atoms with Crippen molar-refractivity contribution in [3.8, 4) is 0 Å². The lowest BCUT2D eigenvalue weighted by Crippen LogP contribution is -2.33. The second-order valence-electron chi connectivity index (χ2n) is 3.63. The van der Waals surface area contributed by atoms with Crippen LogP contribution in [0.1, 0.15) is 5.56 Å². The number of benzene rings is 1. The summed E-state index contributed by atoms with van der Waals surface area (Å²) < 4.78 is 0. The molecule has 3 rings (SSSR count). The van der Waals surface area contributed by atoms with Crippen LogP contribution in [0, 0.1) is 0 Å². The van der Waals surface area contributed by atoms with E-state index in [2.05, 4.69) is 10.3 Å². The molecule has 1 aromatic rings. The maximum Gasteiger partial charge on any atom is 0.246 e. The van der Waals surface area contributed by atoms with Crippen molar-refractivity contribution in [3.05, 3.63) is 27.7 Å². The summed E-state index contributed by atoms with van der Waals surface area (Å²) in [4.78, 5) is 17.3. The van der Waals surface area contributed by atoms with Gasteiger partial charge in [-0.2, -0.15) is 0 Å². The number of amides is 1. The van der Waals surface area contributed by atoms with E-state index in [4.69, 9.17) is 23.2 Å². The van der Waals surface area contributed by atoms with E-state index < -0.39 is 0 Å². The largest absolute Gasteiger partial charge is 0.303 e. The Morgan fingerprint density at radius 3 is 3.00 bits per heavy atom. The molecule has 6 heteroatoms. The van der Waals surface area contributed by atoms with Crippen molar-refractivity contribution in [2.45, 2.75) is 6.54 Å². The Morgan fingerprint density at radius 1 is 1.38 bits per heavy atom. The van der Waals surface area contributed by atoms with Gasteiger partial charge in [-0.15, -0.1) is 0 Å². The van der Waals surface area contributed by atoms with Gasteiger partial charge in [0.25, 0.3) is 0 Å². The monoisotopic (exact) mass is 255 g/mol. The lowest BCUT2D eigenvalue weighted by Gasteiger charge is -2.25. The van der Waals surface area contributed by atoms with E-state index in [1.807, 2.05) is 11.0 Å². The summed E-state index contributed by atoms with van der Waals surface area (Å²) in [5.74, 6) is 0.536. The third kappa shape index (κ3) is 1.30. The number of rotatable bonds is 0. The predicted molar refractivity (Wildman–Crippen MR) is 63.1 cm³/mol. The van der Waals surface area contributed by atoms with Crippen LogP contribution >= 0.6 is 23.2 Å². The normalized spacial score (nSPS) is 17.8. The highest BCUT2D eigenvalue weighted by Crippen LogP contribution is 2.36. The van der Waals surface area contributed by atoms with E-state index >= 15 is 0 Å². The van der Waals surface area contributed by atoms with Crippen LogP contribution in [0.5, 0.6) is 0 Å². The van der Waals surface area contributed by atoms with Gasteiger partial charge < -0.3 is 4.90 Å².